The van der Waals surface area contributed by atoms with Gasteiger partial charge in [-0.25, -0.2) is 4.79 Å². The topological polar surface area (TPSA) is 66.4 Å². The summed E-state index contributed by atoms with van der Waals surface area (Å²) in [6.07, 6.45) is 2.27. The molecule has 1 aliphatic heterocycles. The van der Waals surface area contributed by atoms with Crippen LogP contribution in [-0.2, 0) is 17.6 Å². The van der Waals surface area contributed by atoms with Crippen LogP contribution in [0.3, 0.4) is 0 Å². The lowest BCUT2D eigenvalue weighted by atomic mass is 9.83. The molecule has 1 heterocycles. The van der Waals surface area contributed by atoms with E-state index >= 15 is 0 Å². The second kappa shape index (κ2) is 3.32. The molecular weight excluding hydrogens is 218 g/mol. The number of fused-ring (bicyclic) bond motifs is 1. The van der Waals surface area contributed by atoms with Crippen LogP contribution in [0.25, 0.3) is 0 Å². The van der Waals surface area contributed by atoms with E-state index < -0.39 is 5.97 Å². The van der Waals surface area contributed by atoms with Crippen molar-refractivity contribution in [2.45, 2.75) is 19.3 Å². The smallest absolute Gasteiger partial charge is 0.335 e. The summed E-state index contributed by atoms with van der Waals surface area (Å²) >= 11 is 0. The predicted octanol–water partition coefficient (Wildman–Crippen LogP) is 0.990. The van der Waals surface area contributed by atoms with Crippen molar-refractivity contribution in [3.05, 3.63) is 34.9 Å². The molecule has 1 aromatic carbocycles. The molecule has 1 fully saturated rings. The molecule has 4 nitrogen and oxygen atoms in total. The molecule has 1 spiro atoms. The maximum Gasteiger partial charge on any atom is 0.335 e. The highest BCUT2D eigenvalue weighted by Crippen LogP contribution is 2.42. The maximum atomic E-state index is 11.9. The third kappa shape index (κ3) is 1.44. The zero-order valence-corrected chi connectivity index (χ0v) is 9.32. The van der Waals surface area contributed by atoms with Gasteiger partial charge in [0.2, 0.25) is 5.91 Å². The van der Waals surface area contributed by atoms with Crippen LogP contribution in [0.5, 0.6) is 0 Å². The molecule has 17 heavy (non-hydrogen) atoms. The molecule has 1 saturated heterocycles. The number of benzene rings is 1. The number of carbonyl (C=O) groups is 2. The quantitative estimate of drug-likeness (QED) is 0.757. The molecule has 0 radical (unpaired) electrons. The van der Waals surface area contributed by atoms with Gasteiger partial charge < -0.3 is 10.4 Å². The summed E-state index contributed by atoms with van der Waals surface area (Å²) in [5.41, 5.74) is 2.13. The van der Waals surface area contributed by atoms with Crippen LogP contribution >= 0.6 is 0 Å². The summed E-state index contributed by atoms with van der Waals surface area (Å²) in [6, 6.07) is 5.17. The first-order chi connectivity index (χ1) is 8.11. The summed E-state index contributed by atoms with van der Waals surface area (Å²) in [7, 11) is 0. The van der Waals surface area contributed by atoms with E-state index in [1.165, 1.54) is 0 Å². The molecule has 1 amide bonds. The Morgan fingerprint density at radius 1 is 1.29 bits per heavy atom. The Labute approximate surface area is 98.6 Å². The monoisotopic (exact) mass is 231 g/mol. The Morgan fingerprint density at radius 3 is 2.71 bits per heavy atom. The number of amides is 1. The minimum atomic E-state index is -0.912. The number of carboxylic acids is 1. The van der Waals surface area contributed by atoms with Gasteiger partial charge in [0.05, 0.1) is 11.0 Å². The Balaban J connectivity index is 1.98. The number of rotatable bonds is 1. The highest BCUT2D eigenvalue weighted by Gasteiger charge is 2.46. The molecule has 2 aliphatic rings. The van der Waals surface area contributed by atoms with Gasteiger partial charge in [-0.2, -0.15) is 0 Å². The summed E-state index contributed by atoms with van der Waals surface area (Å²) < 4.78 is 0. The van der Waals surface area contributed by atoms with E-state index in [1.54, 1.807) is 12.1 Å². The molecule has 2 N–H and O–H groups in total. The molecule has 88 valence electrons. The van der Waals surface area contributed by atoms with Crippen molar-refractivity contribution in [2.75, 3.05) is 6.54 Å². The van der Waals surface area contributed by atoms with E-state index in [2.05, 4.69) is 5.32 Å². The van der Waals surface area contributed by atoms with Crippen molar-refractivity contribution in [2.24, 2.45) is 5.41 Å². The first-order valence-electron chi connectivity index (χ1n) is 5.74. The summed E-state index contributed by atoms with van der Waals surface area (Å²) in [6.45, 7) is 0.735. The van der Waals surface area contributed by atoms with Crippen molar-refractivity contribution < 1.29 is 14.7 Å². The van der Waals surface area contributed by atoms with Gasteiger partial charge in [0.1, 0.15) is 0 Å². The Kier molecular flexibility index (Phi) is 2.02. The Morgan fingerprint density at radius 2 is 2.06 bits per heavy atom. The van der Waals surface area contributed by atoms with E-state index in [4.69, 9.17) is 5.11 Å². The van der Waals surface area contributed by atoms with Gasteiger partial charge >= 0.3 is 5.97 Å². The average Bonchev–Trinajstić information content (AvgIpc) is 2.82. The van der Waals surface area contributed by atoms with Crippen LogP contribution < -0.4 is 5.32 Å². The highest BCUT2D eigenvalue weighted by molar-refractivity contribution is 5.89. The summed E-state index contributed by atoms with van der Waals surface area (Å²) in [5.74, 6) is -0.796. The van der Waals surface area contributed by atoms with Crippen molar-refractivity contribution in [1.29, 1.82) is 0 Å². The molecule has 3 rings (SSSR count). The van der Waals surface area contributed by atoms with Gasteiger partial charge in [0.15, 0.2) is 0 Å². The first kappa shape index (κ1) is 10.3. The van der Waals surface area contributed by atoms with Gasteiger partial charge in [-0.05, 0) is 42.5 Å². The number of carboxylic acid groups (broad SMARTS) is 1. The van der Waals surface area contributed by atoms with E-state index in [0.29, 0.717) is 12.0 Å². The maximum absolute atomic E-state index is 11.9. The van der Waals surface area contributed by atoms with Crippen molar-refractivity contribution >= 4 is 11.9 Å². The Hall–Kier alpha value is -1.84. The van der Waals surface area contributed by atoms with E-state index in [9.17, 15) is 9.59 Å². The largest absolute Gasteiger partial charge is 0.478 e. The van der Waals surface area contributed by atoms with E-state index in [-0.39, 0.29) is 11.3 Å². The van der Waals surface area contributed by atoms with Crippen molar-refractivity contribution in [3.63, 3.8) is 0 Å². The van der Waals surface area contributed by atoms with Crippen molar-refractivity contribution in [1.82, 2.24) is 5.32 Å². The first-order valence-corrected chi connectivity index (χ1v) is 5.74. The second-order valence-electron chi connectivity index (χ2n) is 4.93. The summed E-state index contributed by atoms with van der Waals surface area (Å²) in [5, 5.41) is 11.8. The Bertz CT molecular complexity index is 523. The fourth-order valence-corrected chi connectivity index (χ4v) is 2.94. The number of carbonyl (C=O) groups excluding carboxylic acids is 1. The molecule has 1 aromatic rings. The molecule has 0 bridgehead atoms. The number of hydrogen-bond acceptors (Lipinski definition) is 2. The van der Waals surface area contributed by atoms with Gasteiger partial charge in [-0.15, -0.1) is 0 Å². The van der Waals surface area contributed by atoms with E-state index in [1.807, 2.05) is 6.07 Å². The third-order valence-electron chi connectivity index (χ3n) is 3.88. The van der Waals surface area contributed by atoms with Crippen LogP contribution in [0.2, 0.25) is 0 Å². The average molecular weight is 231 g/mol. The third-order valence-corrected chi connectivity index (χ3v) is 3.88. The van der Waals surface area contributed by atoms with Gasteiger partial charge in [-0.3, -0.25) is 4.79 Å². The van der Waals surface area contributed by atoms with Crippen LogP contribution in [0, 0.1) is 5.41 Å². The van der Waals surface area contributed by atoms with Crippen LogP contribution in [0.4, 0.5) is 0 Å². The molecule has 0 unspecified atom stereocenters. The second-order valence-corrected chi connectivity index (χ2v) is 4.93. The standard InChI is InChI=1S/C13H13NO3/c15-11(16)8-1-2-9-6-13(7-10(9)5-8)3-4-14-12(13)17/h1-2,5H,3-4,6-7H2,(H,14,17)(H,15,16)/t13-/m1/s1. The molecule has 4 heteroatoms. The van der Waals surface area contributed by atoms with Gasteiger partial charge in [-0.1, -0.05) is 6.07 Å². The number of hydrogen-bond donors (Lipinski definition) is 2. The molecule has 0 aromatic heterocycles. The van der Waals surface area contributed by atoms with Crippen molar-refractivity contribution in [3.8, 4) is 0 Å². The van der Waals surface area contributed by atoms with E-state index in [0.717, 1.165) is 30.5 Å². The van der Waals surface area contributed by atoms with Crippen LogP contribution in [0.1, 0.15) is 27.9 Å². The fraction of sp³-hybridized carbons (Fsp3) is 0.385. The summed E-state index contributed by atoms with van der Waals surface area (Å²) in [4.78, 5) is 22.8. The lowest BCUT2D eigenvalue weighted by molar-refractivity contribution is -0.127. The van der Waals surface area contributed by atoms with Crippen LogP contribution in [0.15, 0.2) is 18.2 Å². The predicted molar refractivity (Wildman–Crippen MR) is 60.9 cm³/mol. The number of aromatic carboxylic acids is 1. The minimum absolute atomic E-state index is 0.116. The normalized spacial score (nSPS) is 26.0. The van der Waals surface area contributed by atoms with Crippen LogP contribution in [-0.4, -0.2) is 23.5 Å². The van der Waals surface area contributed by atoms with Gasteiger partial charge in [0, 0.05) is 6.54 Å². The minimum Gasteiger partial charge on any atom is -0.478 e. The zero-order valence-electron chi connectivity index (χ0n) is 9.32. The lowest BCUT2D eigenvalue weighted by Gasteiger charge is -2.17. The zero-order chi connectivity index (χ0) is 12.0. The lowest BCUT2D eigenvalue weighted by Crippen LogP contribution is -2.31. The highest BCUT2D eigenvalue weighted by atomic mass is 16.4. The molecule has 0 saturated carbocycles. The molecule has 1 aliphatic carbocycles. The molecule has 1 atom stereocenters. The fourth-order valence-electron chi connectivity index (χ4n) is 2.94. The number of nitrogens with one attached hydrogen (secondary N) is 1. The molecular formula is C13H13NO3. The van der Waals surface area contributed by atoms with Gasteiger partial charge in [0.25, 0.3) is 0 Å². The SMILES string of the molecule is O=C(O)c1ccc2c(c1)C[C@@]1(CCNC1=O)C2.